The van der Waals surface area contributed by atoms with Crippen LogP contribution in [0.3, 0.4) is 0 Å². The fourth-order valence-electron chi connectivity index (χ4n) is 1.67. The van der Waals surface area contributed by atoms with Crippen LogP contribution in [0.1, 0.15) is 17.2 Å². The van der Waals surface area contributed by atoms with Crippen LogP contribution in [0.15, 0.2) is 36.5 Å². The lowest BCUT2D eigenvalue weighted by molar-refractivity contribution is 0.191. The molecule has 0 saturated carbocycles. The van der Waals surface area contributed by atoms with E-state index < -0.39 is 17.7 Å². The quantitative estimate of drug-likeness (QED) is 0.898. The normalized spacial score (nSPS) is 11.7. The molecule has 1 unspecified atom stereocenters. The highest BCUT2D eigenvalue weighted by molar-refractivity contribution is 5.51. The standard InChI is InChI=1S/C14H11F2N3O/c15-11-4-3-9(6-12(11)16)13(20)8-19-14-10(7-17)2-1-5-18-14/h1-6,13,20H,8H2,(H,18,19). The molecule has 6 heteroatoms. The largest absolute Gasteiger partial charge is 0.387 e. The SMILES string of the molecule is N#Cc1cccnc1NCC(O)c1ccc(F)c(F)c1. The van der Waals surface area contributed by atoms with Crippen molar-refractivity contribution in [1.29, 1.82) is 5.26 Å². The molecule has 2 rings (SSSR count). The van der Waals surface area contributed by atoms with Crippen molar-refractivity contribution in [3.8, 4) is 6.07 Å². The second kappa shape index (κ2) is 6.08. The van der Waals surface area contributed by atoms with Crippen LogP contribution in [0.25, 0.3) is 0 Å². The zero-order chi connectivity index (χ0) is 14.5. The number of hydrogen-bond acceptors (Lipinski definition) is 4. The number of aliphatic hydroxyl groups is 1. The summed E-state index contributed by atoms with van der Waals surface area (Å²) in [5, 5.41) is 21.6. The predicted molar refractivity (Wildman–Crippen MR) is 68.8 cm³/mol. The van der Waals surface area contributed by atoms with Gasteiger partial charge in [0.05, 0.1) is 11.7 Å². The molecule has 0 fully saturated rings. The fraction of sp³-hybridized carbons (Fsp3) is 0.143. The molecule has 0 saturated heterocycles. The molecule has 2 N–H and O–H groups in total. The number of benzene rings is 1. The molecule has 0 aliphatic heterocycles. The van der Waals surface area contributed by atoms with Gasteiger partial charge in [-0.15, -0.1) is 0 Å². The van der Waals surface area contributed by atoms with Gasteiger partial charge >= 0.3 is 0 Å². The van der Waals surface area contributed by atoms with Crippen LogP contribution >= 0.6 is 0 Å². The first-order chi connectivity index (χ1) is 9.61. The van der Waals surface area contributed by atoms with Crippen molar-refractivity contribution in [2.75, 3.05) is 11.9 Å². The van der Waals surface area contributed by atoms with E-state index in [1.807, 2.05) is 6.07 Å². The van der Waals surface area contributed by atoms with Crippen molar-refractivity contribution in [3.05, 3.63) is 59.3 Å². The minimum absolute atomic E-state index is 0.0246. The molecule has 20 heavy (non-hydrogen) atoms. The van der Waals surface area contributed by atoms with Crippen molar-refractivity contribution >= 4 is 5.82 Å². The Morgan fingerprint density at radius 2 is 2.10 bits per heavy atom. The first-order valence-electron chi connectivity index (χ1n) is 5.84. The number of nitrogens with one attached hydrogen (secondary N) is 1. The van der Waals surface area contributed by atoms with Gasteiger partial charge in [-0.25, -0.2) is 13.8 Å². The average Bonchev–Trinajstić information content (AvgIpc) is 2.47. The van der Waals surface area contributed by atoms with Gasteiger partial charge in [0.2, 0.25) is 0 Å². The topological polar surface area (TPSA) is 68.9 Å². The van der Waals surface area contributed by atoms with Gasteiger partial charge < -0.3 is 10.4 Å². The van der Waals surface area contributed by atoms with Gasteiger partial charge in [0, 0.05) is 12.7 Å². The number of aliphatic hydroxyl groups excluding tert-OH is 1. The highest BCUT2D eigenvalue weighted by Crippen LogP contribution is 2.18. The van der Waals surface area contributed by atoms with Crippen LogP contribution in [-0.4, -0.2) is 16.6 Å². The van der Waals surface area contributed by atoms with Crippen LogP contribution in [0, 0.1) is 23.0 Å². The second-order valence-electron chi connectivity index (χ2n) is 4.08. The van der Waals surface area contributed by atoms with Gasteiger partial charge in [-0.1, -0.05) is 6.07 Å². The van der Waals surface area contributed by atoms with Crippen LogP contribution in [0.5, 0.6) is 0 Å². The molecule has 0 amide bonds. The Kier molecular flexibility index (Phi) is 4.23. The van der Waals surface area contributed by atoms with Gasteiger partial charge in [0.15, 0.2) is 11.6 Å². The molecule has 2 aromatic rings. The summed E-state index contributed by atoms with van der Waals surface area (Å²) in [6.45, 7) is 0.0246. The molecule has 0 radical (unpaired) electrons. The highest BCUT2D eigenvalue weighted by Gasteiger charge is 2.12. The number of hydrogen-bond donors (Lipinski definition) is 2. The lowest BCUT2D eigenvalue weighted by Crippen LogP contribution is -2.14. The van der Waals surface area contributed by atoms with E-state index in [0.717, 1.165) is 12.1 Å². The van der Waals surface area contributed by atoms with E-state index in [1.54, 1.807) is 12.1 Å². The Bertz CT molecular complexity index is 655. The Hall–Kier alpha value is -2.52. The molecule has 4 nitrogen and oxygen atoms in total. The summed E-state index contributed by atoms with van der Waals surface area (Å²) in [6.07, 6.45) is 0.464. The third-order valence-electron chi connectivity index (χ3n) is 2.72. The van der Waals surface area contributed by atoms with Crippen LogP contribution in [0.2, 0.25) is 0 Å². The number of anilines is 1. The molecule has 0 aliphatic carbocycles. The molecule has 102 valence electrons. The van der Waals surface area contributed by atoms with Crippen LogP contribution < -0.4 is 5.32 Å². The van der Waals surface area contributed by atoms with E-state index in [2.05, 4.69) is 10.3 Å². The summed E-state index contributed by atoms with van der Waals surface area (Å²) in [6, 6.07) is 8.35. The molecular weight excluding hydrogens is 264 g/mol. The summed E-state index contributed by atoms with van der Waals surface area (Å²) < 4.78 is 25.9. The van der Waals surface area contributed by atoms with Crippen LogP contribution in [-0.2, 0) is 0 Å². The van der Waals surface area contributed by atoms with Gasteiger partial charge in [0.1, 0.15) is 11.9 Å². The summed E-state index contributed by atoms with van der Waals surface area (Å²) in [5.74, 6) is -1.65. The summed E-state index contributed by atoms with van der Waals surface area (Å²) in [7, 11) is 0. The summed E-state index contributed by atoms with van der Waals surface area (Å²) in [4.78, 5) is 3.97. The van der Waals surface area contributed by atoms with E-state index >= 15 is 0 Å². The lowest BCUT2D eigenvalue weighted by Gasteiger charge is -2.13. The third kappa shape index (κ3) is 3.08. The zero-order valence-electron chi connectivity index (χ0n) is 10.3. The number of nitriles is 1. The second-order valence-corrected chi connectivity index (χ2v) is 4.08. The van der Waals surface area contributed by atoms with E-state index in [1.165, 1.54) is 12.3 Å². The molecule has 0 spiro atoms. The van der Waals surface area contributed by atoms with Crippen molar-refractivity contribution in [1.82, 2.24) is 4.98 Å². The number of rotatable bonds is 4. The zero-order valence-corrected chi connectivity index (χ0v) is 10.3. The number of aromatic nitrogens is 1. The minimum Gasteiger partial charge on any atom is -0.387 e. The summed E-state index contributed by atoms with van der Waals surface area (Å²) >= 11 is 0. The number of halogens is 2. The van der Waals surface area contributed by atoms with E-state index in [4.69, 9.17) is 5.26 Å². The van der Waals surface area contributed by atoms with Crippen molar-refractivity contribution in [3.63, 3.8) is 0 Å². The molecular formula is C14H11F2N3O. The van der Waals surface area contributed by atoms with E-state index in [-0.39, 0.29) is 12.1 Å². The maximum Gasteiger partial charge on any atom is 0.159 e. The lowest BCUT2D eigenvalue weighted by atomic mass is 10.1. The van der Waals surface area contributed by atoms with Crippen molar-refractivity contribution in [2.24, 2.45) is 0 Å². The van der Waals surface area contributed by atoms with Gasteiger partial charge in [0.25, 0.3) is 0 Å². The van der Waals surface area contributed by atoms with Gasteiger partial charge in [-0.3, -0.25) is 0 Å². The Morgan fingerprint density at radius 3 is 2.80 bits per heavy atom. The fourth-order valence-corrected chi connectivity index (χ4v) is 1.67. The third-order valence-corrected chi connectivity index (χ3v) is 2.72. The van der Waals surface area contributed by atoms with E-state index in [9.17, 15) is 13.9 Å². The Balaban J connectivity index is 2.07. The predicted octanol–water partition coefficient (Wildman–Crippen LogP) is 2.38. The Labute approximate surface area is 114 Å². The van der Waals surface area contributed by atoms with Crippen LogP contribution in [0.4, 0.5) is 14.6 Å². The average molecular weight is 275 g/mol. The van der Waals surface area contributed by atoms with Crippen molar-refractivity contribution < 1.29 is 13.9 Å². The smallest absolute Gasteiger partial charge is 0.159 e. The molecule has 1 atom stereocenters. The molecule has 0 bridgehead atoms. The molecule has 1 aromatic carbocycles. The minimum atomic E-state index is -1.04. The maximum atomic E-state index is 13.1. The van der Waals surface area contributed by atoms with Crippen molar-refractivity contribution in [2.45, 2.75) is 6.10 Å². The first-order valence-corrected chi connectivity index (χ1v) is 5.84. The number of pyridine rings is 1. The monoisotopic (exact) mass is 275 g/mol. The number of nitrogens with zero attached hydrogens (tertiary/aromatic N) is 2. The molecule has 1 heterocycles. The van der Waals surface area contributed by atoms with Gasteiger partial charge in [-0.2, -0.15) is 5.26 Å². The first kappa shape index (κ1) is 13.9. The molecule has 1 aromatic heterocycles. The molecule has 0 aliphatic rings. The summed E-state index contributed by atoms with van der Waals surface area (Å²) in [5.41, 5.74) is 0.579. The maximum absolute atomic E-state index is 13.1. The van der Waals surface area contributed by atoms with E-state index in [0.29, 0.717) is 11.4 Å². The highest BCUT2D eigenvalue weighted by atomic mass is 19.2. The Morgan fingerprint density at radius 1 is 1.30 bits per heavy atom. The van der Waals surface area contributed by atoms with Gasteiger partial charge in [-0.05, 0) is 29.8 Å².